The van der Waals surface area contributed by atoms with Crippen LogP contribution in [0.2, 0.25) is 0 Å². The number of methoxy groups -OCH3 is 1. The molecule has 0 atom stereocenters. The minimum Gasteiger partial charge on any atom is -0.504 e. The summed E-state index contributed by atoms with van der Waals surface area (Å²) in [4.78, 5) is 11.6. The molecule has 0 aliphatic carbocycles. The molecular weight excluding hydrogens is 364 g/mol. The molecule has 0 saturated heterocycles. The number of aromatic hydroxyl groups is 1. The van der Waals surface area contributed by atoms with Crippen molar-refractivity contribution in [2.75, 3.05) is 13.7 Å². The molecule has 0 aliphatic heterocycles. The number of phenols is 1. The molecule has 1 amide bonds. The highest BCUT2D eigenvalue weighted by Crippen LogP contribution is 2.25. The van der Waals surface area contributed by atoms with Gasteiger partial charge in [0.2, 0.25) is 0 Å². The highest BCUT2D eigenvalue weighted by atomic mass is 79.9. The predicted octanol–water partition coefficient (Wildman–Crippen LogP) is 2.69. The molecule has 0 fully saturated rings. The van der Waals surface area contributed by atoms with Crippen molar-refractivity contribution in [2.24, 2.45) is 5.10 Å². The smallest absolute Gasteiger partial charge is 0.277 e. The van der Waals surface area contributed by atoms with Crippen molar-refractivity contribution >= 4 is 28.1 Å². The van der Waals surface area contributed by atoms with Crippen molar-refractivity contribution in [3.05, 3.63) is 52.5 Å². The van der Waals surface area contributed by atoms with Crippen LogP contribution in [0.25, 0.3) is 0 Å². The van der Waals surface area contributed by atoms with Crippen LogP contribution >= 0.6 is 15.9 Å². The molecule has 2 N–H and O–H groups in total. The second-order valence-electron chi connectivity index (χ2n) is 4.47. The molecule has 0 bridgehead atoms. The van der Waals surface area contributed by atoms with E-state index in [9.17, 15) is 9.90 Å². The molecule has 23 heavy (non-hydrogen) atoms. The first kappa shape index (κ1) is 16.8. The lowest BCUT2D eigenvalue weighted by Gasteiger charge is -2.05. The molecule has 7 heteroatoms. The van der Waals surface area contributed by atoms with Crippen LogP contribution < -0.4 is 14.9 Å². The molecule has 0 aromatic heterocycles. The largest absolute Gasteiger partial charge is 0.504 e. The number of hydrogen-bond acceptors (Lipinski definition) is 5. The number of benzene rings is 2. The topological polar surface area (TPSA) is 80.2 Å². The third-order valence-corrected chi connectivity index (χ3v) is 3.32. The number of phenolic OH excluding ortho intramolecular Hbond substituents is 1. The first-order valence-electron chi connectivity index (χ1n) is 6.66. The van der Waals surface area contributed by atoms with E-state index in [1.165, 1.54) is 19.4 Å². The van der Waals surface area contributed by atoms with Gasteiger partial charge in [-0.2, -0.15) is 5.10 Å². The standard InChI is InChI=1S/C16H15BrN2O4/c1-22-15-8-11(2-7-14(15)20)9-18-19-16(21)10-23-13-5-3-12(17)4-6-13/h2-9,20H,10H2,1H3,(H,19,21)/b18-9-. The third-order valence-electron chi connectivity index (χ3n) is 2.79. The minimum absolute atomic E-state index is 0.0385. The fraction of sp³-hybridized carbons (Fsp3) is 0.125. The van der Waals surface area contributed by atoms with Gasteiger partial charge in [-0.3, -0.25) is 4.79 Å². The molecule has 6 nitrogen and oxygen atoms in total. The summed E-state index contributed by atoms with van der Waals surface area (Å²) in [5.74, 6) is 0.584. The van der Waals surface area contributed by atoms with Crippen LogP contribution in [0.3, 0.4) is 0 Å². The Hall–Kier alpha value is -2.54. The molecule has 0 aliphatic rings. The van der Waals surface area contributed by atoms with E-state index in [0.717, 1.165) is 4.47 Å². The van der Waals surface area contributed by atoms with Crippen LogP contribution in [0.1, 0.15) is 5.56 Å². The predicted molar refractivity (Wildman–Crippen MR) is 90.0 cm³/mol. The summed E-state index contributed by atoms with van der Waals surface area (Å²) in [6, 6.07) is 11.9. The Labute approximate surface area is 141 Å². The van der Waals surface area contributed by atoms with Gasteiger partial charge in [0.1, 0.15) is 5.75 Å². The number of halogens is 1. The number of hydrogen-bond donors (Lipinski definition) is 2. The Balaban J connectivity index is 1.82. The van der Waals surface area contributed by atoms with E-state index in [0.29, 0.717) is 17.1 Å². The van der Waals surface area contributed by atoms with Gasteiger partial charge >= 0.3 is 0 Å². The van der Waals surface area contributed by atoms with Gasteiger partial charge in [0.15, 0.2) is 18.1 Å². The normalized spacial score (nSPS) is 10.5. The summed E-state index contributed by atoms with van der Waals surface area (Å²) in [6.07, 6.45) is 1.44. The molecular formula is C16H15BrN2O4. The molecule has 2 rings (SSSR count). The van der Waals surface area contributed by atoms with E-state index in [2.05, 4.69) is 26.5 Å². The average Bonchev–Trinajstić information content (AvgIpc) is 2.56. The molecule has 2 aromatic carbocycles. The van der Waals surface area contributed by atoms with Gasteiger partial charge < -0.3 is 14.6 Å². The zero-order chi connectivity index (χ0) is 16.7. The highest BCUT2D eigenvalue weighted by Gasteiger charge is 2.03. The quantitative estimate of drug-likeness (QED) is 0.598. The molecule has 0 heterocycles. The number of amides is 1. The Kier molecular flexibility index (Phi) is 5.99. The average molecular weight is 379 g/mol. The molecule has 0 spiro atoms. The second kappa shape index (κ2) is 8.19. The van der Waals surface area contributed by atoms with Crippen molar-refractivity contribution in [1.29, 1.82) is 0 Å². The van der Waals surface area contributed by atoms with Crippen molar-refractivity contribution in [3.8, 4) is 17.2 Å². The molecule has 0 saturated carbocycles. The maximum absolute atomic E-state index is 11.6. The Bertz CT molecular complexity index is 702. The maximum Gasteiger partial charge on any atom is 0.277 e. The van der Waals surface area contributed by atoms with Gasteiger partial charge in [0.25, 0.3) is 5.91 Å². The van der Waals surface area contributed by atoms with Crippen LogP contribution in [0.5, 0.6) is 17.2 Å². The van der Waals surface area contributed by atoms with Gasteiger partial charge in [-0.25, -0.2) is 5.43 Å². The number of nitrogens with one attached hydrogen (secondary N) is 1. The van der Waals surface area contributed by atoms with E-state index >= 15 is 0 Å². The Morgan fingerprint density at radius 2 is 2.04 bits per heavy atom. The lowest BCUT2D eigenvalue weighted by atomic mass is 10.2. The van der Waals surface area contributed by atoms with Crippen LogP contribution in [-0.2, 0) is 4.79 Å². The Morgan fingerprint density at radius 1 is 1.30 bits per heavy atom. The number of carbonyl (C=O) groups excluding carboxylic acids is 1. The molecule has 120 valence electrons. The summed E-state index contributed by atoms with van der Waals surface area (Å²) in [5, 5.41) is 13.3. The van der Waals surface area contributed by atoms with Crippen LogP contribution in [0.15, 0.2) is 52.0 Å². The monoisotopic (exact) mass is 378 g/mol. The van der Waals surface area contributed by atoms with E-state index in [-0.39, 0.29) is 18.3 Å². The SMILES string of the molecule is COc1cc(/C=N\NC(=O)COc2ccc(Br)cc2)ccc1O. The van der Waals surface area contributed by atoms with E-state index in [4.69, 9.17) is 9.47 Å². The first-order chi connectivity index (χ1) is 11.1. The summed E-state index contributed by atoms with van der Waals surface area (Å²) < 4.78 is 11.2. The van der Waals surface area contributed by atoms with Crippen LogP contribution in [0.4, 0.5) is 0 Å². The molecule has 0 unspecified atom stereocenters. The first-order valence-corrected chi connectivity index (χ1v) is 7.45. The number of carbonyl (C=O) groups is 1. The van der Waals surface area contributed by atoms with Gasteiger partial charge in [0.05, 0.1) is 13.3 Å². The number of ether oxygens (including phenoxy) is 2. The van der Waals surface area contributed by atoms with Crippen LogP contribution in [0, 0.1) is 0 Å². The third kappa shape index (κ3) is 5.30. The molecule has 2 aromatic rings. The van der Waals surface area contributed by atoms with Crippen molar-refractivity contribution in [3.63, 3.8) is 0 Å². The van der Waals surface area contributed by atoms with Gasteiger partial charge in [-0.05, 0) is 48.0 Å². The summed E-state index contributed by atoms with van der Waals surface area (Å²) >= 11 is 3.32. The van der Waals surface area contributed by atoms with Gasteiger partial charge in [0, 0.05) is 4.47 Å². The zero-order valence-electron chi connectivity index (χ0n) is 12.3. The fourth-order valence-electron chi connectivity index (χ4n) is 1.67. The number of rotatable bonds is 6. The van der Waals surface area contributed by atoms with Crippen molar-refractivity contribution in [2.45, 2.75) is 0 Å². The zero-order valence-corrected chi connectivity index (χ0v) is 13.9. The summed E-state index contributed by atoms with van der Waals surface area (Å²) in [5.41, 5.74) is 3.03. The fourth-order valence-corrected chi connectivity index (χ4v) is 1.93. The Morgan fingerprint density at radius 3 is 2.74 bits per heavy atom. The van der Waals surface area contributed by atoms with Gasteiger partial charge in [-0.15, -0.1) is 0 Å². The second-order valence-corrected chi connectivity index (χ2v) is 5.38. The van der Waals surface area contributed by atoms with E-state index in [1.54, 1.807) is 24.3 Å². The minimum atomic E-state index is -0.380. The maximum atomic E-state index is 11.6. The number of hydrazone groups is 1. The number of nitrogens with zero attached hydrogens (tertiary/aromatic N) is 1. The summed E-state index contributed by atoms with van der Waals surface area (Å²) in [7, 11) is 1.46. The highest BCUT2D eigenvalue weighted by molar-refractivity contribution is 9.10. The summed E-state index contributed by atoms with van der Waals surface area (Å²) in [6.45, 7) is -0.141. The van der Waals surface area contributed by atoms with Crippen molar-refractivity contribution in [1.82, 2.24) is 5.43 Å². The lowest BCUT2D eigenvalue weighted by Crippen LogP contribution is -2.24. The van der Waals surface area contributed by atoms with E-state index < -0.39 is 0 Å². The van der Waals surface area contributed by atoms with Crippen LogP contribution in [-0.4, -0.2) is 30.9 Å². The van der Waals surface area contributed by atoms with Crippen molar-refractivity contribution < 1.29 is 19.4 Å². The van der Waals surface area contributed by atoms with E-state index in [1.807, 2.05) is 12.1 Å². The molecule has 0 radical (unpaired) electrons. The lowest BCUT2D eigenvalue weighted by molar-refractivity contribution is -0.123. The van der Waals surface area contributed by atoms with Gasteiger partial charge in [-0.1, -0.05) is 15.9 Å².